The molecule has 1 aromatic heterocycles. The maximum Gasteiger partial charge on any atom is 0.310 e. The second-order valence-electron chi connectivity index (χ2n) is 5.73. The zero-order valence-electron chi connectivity index (χ0n) is 15.0. The van der Waals surface area contributed by atoms with Gasteiger partial charge in [-0.15, -0.1) is 24.0 Å². The van der Waals surface area contributed by atoms with Gasteiger partial charge in [-0.1, -0.05) is 25.1 Å². The van der Waals surface area contributed by atoms with Gasteiger partial charge >= 0.3 is 5.97 Å². The first-order chi connectivity index (χ1) is 11.7. The number of nitrogens with one attached hydrogen (secondary N) is 2. The van der Waals surface area contributed by atoms with Crippen LogP contribution in [-0.2, 0) is 16.1 Å². The van der Waals surface area contributed by atoms with E-state index in [-0.39, 0.29) is 35.9 Å². The van der Waals surface area contributed by atoms with E-state index in [1.54, 1.807) is 7.05 Å². The van der Waals surface area contributed by atoms with Crippen molar-refractivity contribution in [3.8, 4) is 0 Å². The van der Waals surface area contributed by atoms with Crippen LogP contribution in [0.4, 0.5) is 0 Å². The number of guanidine groups is 1. The Hall–Kier alpha value is -1.77. The normalized spacial score (nSPS) is 12.4. The van der Waals surface area contributed by atoms with Gasteiger partial charge in [0.2, 0.25) is 0 Å². The van der Waals surface area contributed by atoms with Gasteiger partial charge in [0.05, 0.1) is 13.0 Å². The Bertz CT molecular complexity index is 699. The van der Waals surface area contributed by atoms with Gasteiger partial charge in [-0.25, -0.2) is 0 Å². The number of ether oxygens (including phenoxy) is 1. The standard InChI is InChI=1S/C18H26N4O2.HI/c1-14(17(23)24-3)13-21-18(19-2)20-10-6-11-22-12-9-15-7-4-5-8-16(15)22;/h4-5,7-9,12,14H,6,10-11,13H2,1-3H3,(H2,19,20,21);1H. The number of carbonyl (C=O) groups is 1. The number of rotatable bonds is 7. The van der Waals surface area contributed by atoms with Crippen LogP contribution in [0.1, 0.15) is 13.3 Å². The molecule has 0 fully saturated rings. The summed E-state index contributed by atoms with van der Waals surface area (Å²) in [4.78, 5) is 15.6. The molecule has 1 heterocycles. The molecule has 2 aromatic rings. The van der Waals surface area contributed by atoms with E-state index in [4.69, 9.17) is 4.74 Å². The molecule has 1 atom stereocenters. The lowest BCUT2D eigenvalue weighted by Gasteiger charge is -2.15. The fourth-order valence-electron chi connectivity index (χ4n) is 2.55. The zero-order valence-corrected chi connectivity index (χ0v) is 17.3. The Labute approximate surface area is 166 Å². The molecule has 0 radical (unpaired) electrons. The number of esters is 1. The van der Waals surface area contributed by atoms with Gasteiger partial charge in [0, 0.05) is 38.4 Å². The summed E-state index contributed by atoms with van der Waals surface area (Å²) in [6, 6.07) is 10.5. The quantitative estimate of drug-likeness (QED) is 0.220. The molecule has 6 nitrogen and oxygen atoms in total. The van der Waals surface area contributed by atoms with Crippen molar-refractivity contribution in [1.82, 2.24) is 15.2 Å². The van der Waals surface area contributed by atoms with Crippen LogP contribution in [0.2, 0.25) is 0 Å². The summed E-state index contributed by atoms with van der Waals surface area (Å²) < 4.78 is 6.97. The minimum atomic E-state index is -0.225. The lowest BCUT2D eigenvalue weighted by atomic mass is 10.2. The van der Waals surface area contributed by atoms with Crippen LogP contribution in [0.3, 0.4) is 0 Å². The molecule has 138 valence electrons. The van der Waals surface area contributed by atoms with Crippen molar-refractivity contribution in [2.45, 2.75) is 19.9 Å². The number of benzene rings is 1. The van der Waals surface area contributed by atoms with Crippen molar-refractivity contribution in [2.75, 3.05) is 27.2 Å². The van der Waals surface area contributed by atoms with Gasteiger partial charge in [0.15, 0.2) is 5.96 Å². The first-order valence-electron chi connectivity index (χ1n) is 8.22. The summed E-state index contributed by atoms with van der Waals surface area (Å²) >= 11 is 0. The minimum absolute atomic E-state index is 0. The van der Waals surface area contributed by atoms with Crippen LogP contribution in [0.15, 0.2) is 41.5 Å². The number of hydrogen-bond acceptors (Lipinski definition) is 3. The summed E-state index contributed by atoms with van der Waals surface area (Å²) in [5.74, 6) is 0.264. The van der Waals surface area contributed by atoms with Crippen molar-refractivity contribution >= 4 is 46.8 Å². The Morgan fingerprint density at radius 2 is 2.04 bits per heavy atom. The Morgan fingerprint density at radius 3 is 2.76 bits per heavy atom. The lowest BCUT2D eigenvalue weighted by Crippen LogP contribution is -2.41. The third-order valence-electron chi connectivity index (χ3n) is 3.95. The second kappa shape index (κ2) is 11.0. The number of halogens is 1. The molecule has 7 heteroatoms. The smallest absolute Gasteiger partial charge is 0.310 e. The van der Waals surface area contributed by atoms with E-state index in [0.717, 1.165) is 19.5 Å². The summed E-state index contributed by atoms with van der Waals surface area (Å²) in [7, 11) is 3.12. The summed E-state index contributed by atoms with van der Waals surface area (Å²) in [5.41, 5.74) is 1.26. The molecule has 0 amide bonds. The number of aliphatic imine (C=N–C) groups is 1. The maximum absolute atomic E-state index is 11.4. The van der Waals surface area contributed by atoms with Gasteiger partial charge < -0.3 is 19.9 Å². The van der Waals surface area contributed by atoms with Gasteiger partial charge in [-0.2, -0.15) is 0 Å². The van der Waals surface area contributed by atoms with E-state index in [1.165, 1.54) is 18.0 Å². The van der Waals surface area contributed by atoms with Gasteiger partial charge in [0.1, 0.15) is 0 Å². The Kier molecular flexibility index (Phi) is 9.33. The topological polar surface area (TPSA) is 67.7 Å². The van der Waals surface area contributed by atoms with Crippen molar-refractivity contribution in [3.05, 3.63) is 36.5 Å². The number of fused-ring (bicyclic) bond motifs is 1. The third kappa shape index (κ3) is 6.22. The summed E-state index contributed by atoms with van der Waals surface area (Å²) in [6.07, 6.45) is 3.10. The number of para-hydroxylation sites is 1. The molecule has 0 aliphatic carbocycles. The van der Waals surface area contributed by atoms with E-state index in [0.29, 0.717) is 12.5 Å². The molecule has 1 unspecified atom stereocenters. The summed E-state index contributed by atoms with van der Waals surface area (Å²) in [6.45, 7) is 4.06. The van der Waals surface area contributed by atoms with Crippen molar-refractivity contribution in [3.63, 3.8) is 0 Å². The molecule has 25 heavy (non-hydrogen) atoms. The molecule has 0 bridgehead atoms. The number of hydrogen-bond donors (Lipinski definition) is 2. The molecule has 1 aromatic carbocycles. The summed E-state index contributed by atoms with van der Waals surface area (Å²) in [5, 5.41) is 7.67. The van der Waals surface area contributed by atoms with Crippen LogP contribution < -0.4 is 10.6 Å². The van der Waals surface area contributed by atoms with E-state index >= 15 is 0 Å². The molecule has 0 saturated heterocycles. The van der Waals surface area contributed by atoms with Crippen molar-refractivity contribution in [1.29, 1.82) is 0 Å². The minimum Gasteiger partial charge on any atom is -0.469 e. The van der Waals surface area contributed by atoms with E-state index in [2.05, 4.69) is 56.7 Å². The molecular weight excluding hydrogens is 431 g/mol. The highest BCUT2D eigenvalue weighted by molar-refractivity contribution is 14.0. The maximum atomic E-state index is 11.4. The fourth-order valence-corrected chi connectivity index (χ4v) is 2.55. The average Bonchev–Trinajstić information content (AvgIpc) is 3.03. The molecule has 0 aliphatic heterocycles. The highest BCUT2D eigenvalue weighted by Gasteiger charge is 2.13. The van der Waals surface area contributed by atoms with Crippen LogP contribution in [0.5, 0.6) is 0 Å². The first kappa shape index (κ1) is 21.3. The molecule has 2 rings (SSSR count). The zero-order chi connectivity index (χ0) is 17.4. The highest BCUT2D eigenvalue weighted by atomic mass is 127. The monoisotopic (exact) mass is 458 g/mol. The Morgan fingerprint density at radius 1 is 1.28 bits per heavy atom. The number of carbonyl (C=O) groups excluding carboxylic acids is 1. The highest BCUT2D eigenvalue weighted by Crippen LogP contribution is 2.15. The number of nitrogens with zero attached hydrogens (tertiary/aromatic N) is 2. The SMILES string of the molecule is CN=C(NCCCn1ccc2ccccc21)NCC(C)C(=O)OC.I. The lowest BCUT2D eigenvalue weighted by molar-refractivity contribution is -0.144. The largest absolute Gasteiger partial charge is 0.469 e. The van der Waals surface area contributed by atoms with Crippen molar-refractivity contribution in [2.24, 2.45) is 10.9 Å². The van der Waals surface area contributed by atoms with Gasteiger partial charge in [-0.3, -0.25) is 9.79 Å². The number of aryl methyl sites for hydroxylation is 1. The Balaban J connectivity index is 0.00000312. The van der Waals surface area contributed by atoms with Crippen LogP contribution in [-0.4, -0.2) is 43.7 Å². The van der Waals surface area contributed by atoms with E-state index < -0.39 is 0 Å². The molecule has 0 saturated carbocycles. The third-order valence-corrected chi connectivity index (χ3v) is 3.95. The average molecular weight is 458 g/mol. The predicted molar refractivity (Wildman–Crippen MR) is 113 cm³/mol. The molecule has 0 spiro atoms. The predicted octanol–water partition coefficient (Wildman–Crippen LogP) is 2.62. The molecular formula is C18H27IN4O2. The van der Waals surface area contributed by atoms with Crippen LogP contribution >= 0.6 is 24.0 Å². The van der Waals surface area contributed by atoms with Crippen molar-refractivity contribution < 1.29 is 9.53 Å². The van der Waals surface area contributed by atoms with Crippen LogP contribution in [0.25, 0.3) is 10.9 Å². The van der Waals surface area contributed by atoms with E-state index in [9.17, 15) is 4.79 Å². The van der Waals surface area contributed by atoms with E-state index in [1.807, 2.05) is 6.92 Å². The first-order valence-corrected chi connectivity index (χ1v) is 8.22. The number of aromatic nitrogens is 1. The van der Waals surface area contributed by atoms with Gasteiger partial charge in [0.25, 0.3) is 0 Å². The fraction of sp³-hybridized carbons (Fsp3) is 0.444. The van der Waals surface area contributed by atoms with Gasteiger partial charge in [-0.05, 0) is 23.9 Å². The number of methoxy groups -OCH3 is 1. The second-order valence-corrected chi connectivity index (χ2v) is 5.73. The van der Waals surface area contributed by atoms with Crippen LogP contribution in [0, 0.1) is 5.92 Å². The molecule has 0 aliphatic rings. The molecule has 2 N–H and O–H groups in total.